The lowest BCUT2D eigenvalue weighted by Crippen LogP contribution is -2.22. The molecule has 7 heteroatoms. The Hall–Kier alpha value is -2.64. The number of hydrogen-bond donors (Lipinski definition) is 1. The maximum atomic E-state index is 13.5. The molecule has 1 fully saturated rings. The fourth-order valence-electron chi connectivity index (χ4n) is 3.57. The highest BCUT2D eigenvalue weighted by Gasteiger charge is 2.18. The monoisotopic (exact) mass is 429 g/mol. The maximum Gasteiger partial charge on any atom is 0.261 e. The van der Waals surface area contributed by atoms with E-state index in [1.165, 1.54) is 23.5 Å². The number of rotatable bonds is 7. The van der Waals surface area contributed by atoms with Crippen LogP contribution in [0.5, 0.6) is 11.5 Å². The number of halogens is 1. The van der Waals surface area contributed by atoms with Gasteiger partial charge in [-0.2, -0.15) is 0 Å². The van der Waals surface area contributed by atoms with Crippen molar-refractivity contribution in [2.75, 3.05) is 20.3 Å². The molecule has 1 aromatic heterocycles. The number of fused-ring (bicyclic) bond motifs is 1. The number of methoxy groups -OCH3 is 1. The molecule has 1 aliphatic rings. The molecule has 5 nitrogen and oxygen atoms in total. The molecular weight excluding hydrogens is 405 g/mol. The first-order chi connectivity index (χ1) is 14.5. The summed E-state index contributed by atoms with van der Waals surface area (Å²) >= 11 is 1.37. The largest absolute Gasteiger partial charge is 0.493 e. The highest BCUT2D eigenvalue weighted by atomic mass is 32.1. The van der Waals surface area contributed by atoms with E-state index < -0.39 is 0 Å². The third-order valence-corrected chi connectivity index (χ3v) is 6.51. The van der Waals surface area contributed by atoms with Gasteiger partial charge in [-0.1, -0.05) is 6.07 Å². The summed E-state index contributed by atoms with van der Waals surface area (Å²) in [4.78, 5) is 13.3. The van der Waals surface area contributed by atoms with Gasteiger partial charge in [0.05, 0.1) is 18.1 Å². The lowest BCUT2D eigenvalue weighted by atomic mass is 10.1. The molecule has 2 aromatic carbocycles. The van der Waals surface area contributed by atoms with E-state index in [1.54, 1.807) is 13.2 Å². The number of carbonyl (C=O) groups is 1. The molecular formula is C23H24FNO4S. The van der Waals surface area contributed by atoms with Gasteiger partial charge < -0.3 is 19.5 Å². The van der Waals surface area contributed by atoms with Crippen molar-refractivity contribution < 1.29 is 23.4 Å². The van der Waals surface area contributed by atoms with E-state index in [-0.39, 0.29) is 17.8 Å². The van der Waals surface area contributed by atoms with Gasteiger partial charge in [-0.05, 0) is 66.6 Å². The predicted molar refractivity (Wildman–Crippen MR) is 115 cm³/mol. The van der Waals surface area contributed by atoms with Crippen molar-refractivity contribution in [1.82, 2.24) is 5.32 Å². The van der Waals surface area contributed by atoms with Crippen LogP contribution in [-0.2, 0) is 11.3 Å². The van der Waals surface area contributed by atoms with Crippen molar-refractivity contribution >= 4 is 27.3 Å². The molecule has 0 bridgehead atoms. The summed E-state index contributed by atoms with van der Waals surface area (Å²) < 4.78 is 31.3. The normalized spacial score (nSPS) is 16.0. The fraction of sp³-hybridized carbons (Fsp3) is 0.348. The molecule has 0 saturated carbocycles. The first-order valence-corrected chi connectivity index (χ1v) is 10.7. The lowest BCUT2D eigenvalue weighted by molar-refractivity contribution is 0.0669. The minimum atomic E-state index is -0.302. The summed E-state index contributed by atoms with van der Waals surface area (Å²) in [5, 5.41) is 3.72. The van der Waals surface area contributed by atoms with Crippen molar-refractivity contribution in [3.63, 3.8) is 0 Å². The van der Waals surface area contributed by atoms with Crippen LogP contribution < -0.4 is 14.8 Å². The smallest absolute Gasteiger partial charge is 0.261 e. The zero-order chi connectivity index (χ0) is 21.1. The molecule has 2 heterocycles. The molecule has 3 aromatic rings. The molecule has 1 atom stereocenters. The van der Waals surface area contributed by atoms with Gasteiger partial charge in [-0.25, -0.2) is 4.39 Å². The maximum absolute atomic E-state index is 13.5. The van der Waals surface area contributed by atoms with E-state index in [2.05, 4.69) is 5.32 Å². The lowest BCUT2D eigenvalue weighted by Gasteiger charge is -2.15. The number of carbonyl (C=O) groups excluding carboxylic acids is 1. The third-order valence-electron chi connectivity index (χ3n) is 5.23. The molecule has 0 radical (unpaired) electrons. The Morgan fingerprint density at radius 3 is 2.90 bits per heavy atom. The molecule has 1 aliphatic heterocycles. The molecule has 1 amide bonds. The number of thiophene rings is 1. The van der Waals surface area contributed by atoms with E-state index in [1.807, 2.05) is 25.1 Å². The third kappa shape index (κ3) is 4.42. The fourth-order valence-corrected chi connectivity index (χ4v) is 4.68. The highest BCUT2D eigenvalue weighted by Crippen LogP contribution is 2.32. The van der Waals surface area contributed by atoms with Gasteiger partial charge in [0.2, 0.25) is 0 Å². The zero-order valence-electron chi connectivity index (χ0n) is 17.0. The van der Waals surface area contributed by atoms with E-state index in [4.69, 9.17) is 14.2 Å². The highest BCUT2D eigenvalue weighted by molar-refractivity contribution is 7.21. The van der Waals surface area contributed by atoms with Gasteiger partial charge in [0.25, 0.3) is 5.91 Å². The van der Waals surface area contributed by atoms with Crippen LogP contribution in [0.4, 0.5) is 4.39 Å². The molecule has 1 N–H and O–H groups in total. The Kier molecular flexibility index (Phi) is 6.20. The van der Waals surface area contributed by atoms with Crippen LogP contribution in [-0.4, -0.2) is 32.3 Å². The summed E-state index contributed by atoms with van der Waals surface area (Å²) in [6.07, 6.45) is 2.21. The van der Waals surface area contributed by atoms with E-state index in [0.717, 1.165) is 40.7 Å². The predicted octanol–water partition coefficient (Wildman–Crippen LogP) is 4.85. The Labute approximate surface area is 178 Å². The first kappa shape index (κ1) is 20.6. The summed E-state index contributed by atoms with van der Waals surface area (Å²) in [5.41, 5.74) is 1.69. The number of amides is 1. The van der Waals surface area contributed by atoms with Crippen LogP contribution in [0.1, 0.15) is 33.6 Å². The second-order valence-corrected chi connectivity index (χ2v) is 8.36. The van der Waals surface area contributed by atoms with Crippen LogP contribution in [0.15, 0.2) is 36.4 Å². The number of nitrogens with one attached hydrogen (secondary N) is 1. The Bertz CT molecular complexity index is 1060. The van der Waals surface area contributed by atoms with Crippen molar-refractivity contribution in [3.8, 4) is 11.5 Å². The topological polar surface area (TPSA) is 56.8 Å². The van der Waals surface area contributed by atoms with Crippen molar-refractivity contribution in [3.05, 3.63) is 58.2 Å². The van der Waals surface area contributed by atoms with Crippen LogP contribution >= 0.6 is 11.3 Å². The molecule has 1 saturated heterocycles. The summed E-state index contributed by atoms with van der Waals surface area (Å²) in [6.45, 7) is 3.48. The number of ether oxygens (including phenoxy) is 3. The Morgan fingerprint density at radius 1 is 1.27 bits per heavy atom. The van der Waals surface area contributed by atoms with Crippen molar-refractivity contribution in [1.29, 1.82) is 0 Å². The van der Waals surface area contributed by atoms with Gasteiger partial charge in [-0.3, -0.25) is 4.79 Å². The standard InChI is InChI=1S/C23H24FNO4S/c1-14-18-11-16(24)6-8-21(18)30-22(14)23(26)25-12-15-5-7-19(20(10-15)27-2)29-13-17-4-3-9-28-17/h5-8,10-11,17H,3-4,9,12-13H2,1-2H3,(H,25,26). The minimum absolute atomic E-state index is 0.131. The van der Waals surface area contributed by atoms with Gasteiger partial charge >= 0.3 is 0 Å². The van der Waals surface area contributed by atoms with Gasteiger partial charge in [0, 0.05) is 17.9 Å². The number of hydrogen-bond acceptors (Lipinski definition) is 5. The van der Waals surface area contributed by atoms with Crippen LogP contribution in [0, 0.1) is 12.7 Å². The van der Waals surface area contributed by atoms with E-state index in [0.29, 0.717) is 29.5 Å². The van der Waals surface area contributed by atoms with E-state index >= 15 is 0 Å². The number of aryl methyl sites for hydroxylation is 1. The number of benzene rings is 2. The molecule has 0 spiro atoms. The quantitative estimate of drug-likeness (QED) is 0.584. The van der Waals surface area contributed by atoms with Gasteiger partial charge in [0.15, 0.2) is 11.5 Å². The Balaban J connectivity index is 1.41. The summed E-state index contributed by atoms with van der Waals surface area (Å²) in [5.74, 6) is 0.801. The van der Waals surface area contributed by atoms with Crippen LogP contribution in [0.2, 0.25) is 0 Å². The summed E-state index contributed by atoms with van der Waals surface area (Å²) in [6, 6.07) is 10.2. The second-order valence-electron chi connectivity index (χ2n) is 7.31. The Morgan fingerprint density at radius 2 is 2.13 bits per heavy atom. The SMILES string of the molecule is COc1cc(CNC(=O)c2sc3ccc(F)cc3c2C)ccc1OCC1CCCO1. The molecule has 4 rings (SSSR count). The van der Waals surface area contributed by atoms with Crippen molar-refractivity contribution in [2.45, 2.75) is 32.4 Å². The van der Waals surface area contributed by atoms with Crippen LogP contribution in [0.3, 0.4) is 0 Å². The van der Waals surface area contributed by atoms with Crippen molar-refractivity contribution in [2.24, 2.45) is 0 Å². The molecule has 158 valence electrons. The minimum Gasteiger partial charge on any atom is -0.493 e. The van der Waals surface area contributed by atoms with Gasteiger partial charge in [-0.15, -0.1) is 11.3 Å². The second kappa shape index (κ2) is 9.02. The first-order valence-electron chi connectivity index (χ1n) is 9.93. The van der Waals surface area contributed by atoms with Crippen LogP contribution in [0.25, 0.3) is 10.1 Å². The summed E-state index contributed by atoms with van der Waals surface area (Å²) in [7, 11) is 1.59. The van der Waals surface area contributed by atoms with Gasteiger partial charge in [0.1, 0.15) is 12.4 Å². The molecule has 1 unspecified atom stereocenters. The molecule has 30 heavy (non-hydrogen) atoms. The van der Waals surface area contributed by atoms with E-state index in [9.17, 15) is 9.18 Å². The average Bonchev–Trinajstić information content (AvgIpc) is 3.39. The molecule has 0 aliphatic carbocycles. The zero-order valence-corrected chi connectivity index (χ0v) is 17.8. The average molecular weight is 430 g/mol.